The molecule has 0 aliphatic rings. The van der Waals surface area contributed by atoms with Gasteiger partial charge in [-0.2, -0.15) is 0 Å². The number of pyridine rings is 1. The molecule has 4 nitrogen and oxygen atoms in total. The number of aliphatic carboxylic acids is 1. The molecule has 1 heterocycles. The summed E-state index contributed by atoms with van der Waals surface area (Å²) >= 11 is 2.21. The first-order valence-corrected chi connectivity index (χ1v) is 6.52. The minimum Gasteiger partial charge on any atom is -0.478 e. The summed E-state index contributed by atoms with van der Waals surface area (Å²) < 4.78 is 6.75. The number of hydrogen-bond acceptors (Lipinski definition) is 3. The van der Waals surface area contributed by atoms with E-state index < -0.39 is 5.97 Å². The Labute approximate surface area is 123 Å². The van der Waals surface area contributed by atoms with Crippen LogP contribution in [0.3, 0.4) is 0 Å². The number of aromatic nitrogens is 1. The van der Waals surface area contributed by atoms with Crippen molar-refractivity contribution < 1.29 is 14.6 Å². The topological polar surface area (TPSA) is 59.4 Å². The van der Waals surface area contributed by atoms with Crippen LogP contribution < -0.4 is 4.74 Å². The summed E-state index contributed by atoms with van der Waals surface area (Å²) in [6.45, 7) is 0. The summed E-state index contributed by atoms with van der Waals surface area (Å²) in [6, 6.07) is 11.0. The van der Waals surface area contributed by atoms with Crippen molar-refractivity contribution >= 4 is 34.6 Å². The summed E-state index contributed by atoms with van der Waals surface area (Å²) in [4.78, 5) is 14.6. The van der Waals surface area contributed by atoms with Crippen LogP contribution in [0.5, 0.6) is 11.6 Å². The fourth-order valence-electron chi connectivity index (χ4n) is 1.39. The van der Waals surface area contributed by atoms with E-state index >= 15 is 0 Å². The third-order valence-corrected chi connectivity index (χ3v) is 2.95. The summed E-state index contributed by atoms with van der Waals surface area (Å²) in [7, 11) is 0. The Hall–Kier alpha value is -1.89. The molecule has 0 aliphatic carbocycles. The second-order valence-corrected chi connectivity index (χ2v) is 4.87. The number of carboxylic acid groups (broad SMARTS) is 1. The van der Waals surface area contributed by atoms with Gasteiger partial charge in [-0.25, -0.2) is 9.78 Å². The monoisotopic (exact) mass is 367 g/mol. The Bertz CT molecular complexity index is 608. The first-order chi connectivity index (χ1) is 9.15. The van der Waals surface area contributed by atoms with E-state index in [2.05, 4.69) is 27.6 Å². The Morgan fingerprint density at radius 1 is 1.26 bits per heavy atom. The van der Waals surface area contributed by atoms with Crippen molar-refractivity contribution in [3.05, 3.63) is 57.8 Å². The fraction of sp³-hybridized carbons (Fsp3) is 0. The number of halogens is 1. The molecule has 0 bridgehead atoms. The normalized spacial score (nSPS) is 10.6. The van der Waals surface area contributed by atoms with E-state index in [-0.39, 0.29) is 0 Å². The number of carboxylic acids is 1. The van der Waals surface area contributed by atoms with Gasteiger partial charge in [0.2, 0.25) is 5.88 Å². The second kappa shape index (κ2) is 6.33. The molecule has 1 N–H and O–H groups in total. The van der Waals surface area contributed by atoms with Crippen LogP contribution in [0.2, 0.25) is 0 Å². The van der Waals surface area contributed by atoms with Gasteiger partial charge in [-0.15, -0.1) is 0 Å². The maximum atomic E-state index is 10.5. The highest BCUT2D eigenvalue weighted by atomic mass is 127. The minimum atomic E-state index is -1.01. The van der Waals surface area contributed by atoms with Gasteiger partial charge < -0.3 is 9.84 Å². The standard InChI is InChI=1S/C14H10INO3/c15-11-4-6-12(7-5-11)19-14-10(2-1-9-16-14)3-8-13(17)18/h1-9H,(H,17,18)/b8-3+. The number of carbonyl (C=O) groups is 1. The van der Waals surface area contributed by atoms with E-state index in [1.54, 1.807) is 18.3 Å². The zero-order valence-electron chi connectivity index (χ0n) is 9.79. The van der Waals surface area contributed by atoms with E-state index in [9.17, 15) is 4.79 Å². The van der Waals surface area contributed by atoms with Crippen LogP contribution in [0, 0.1) is 3.57 Å². The van der Waals surface area contributed by atoms with E-state index in [4.69, 9.17) is 9.84 Å². The molecule has 0 amide bonds. The van der Waals surface area contributed by atoms with Crippen LogP contribution in [0.1, 0.15) is 5.56 Å². The van der Waals surface area contributed by atoms with Gasteiger partial charge in [0.15, 0.2) is 0 Å². The largest absolute Gasteiger partial charge is 0.478 e. The zero-order valence-corrected chi connectivity index (χ0v) is 11.9. The fourth-order valence-corrected chi connectivity index (χ4v) is 1.75. The van der Waals surface area contributed by atoms with Gasteiger partial charge >= 0.3 is 5.97 Å². The van der Waals surface area contributed by atoms with Gasteiger partial charge in [-0.05, 0) is 65.1 Å². The molecule has 0 radical (unpaired) electrons. The van der Waals surface area contributed by atoms with Gasteiger partial charge in [0.05, 0.1) is 0 Å². The van der Waals surface area contributed by atoms with E-state index in [0.29, 0.717) is 17.2 Å². The molecular formula is C14H10INO3. The van der Waals surface area contributed by atoms with Gasteiger partial charge in [-0.1, -0.05) is 0 Å². The molecule has 0 spiro atoms. The Balaban J connectivity index is 2.24. The number of ether oxygens (including phenoxy) is 1. The van der Waals surface area contributed by atoms with E-state index in [0.717, 1.165) is 9.65 Å². The maximum absolute atomic E-state index is 10.5. The quantitative estimate of drug-likeness (QED) is 0.663. The molecule has 2 rings (SSSR count). The van der Waals surface area contributed by atoms with Crippen LogP contribution in [-0.2, 0) is 4.79 Å². The zero-order chi connectivity index (χ0) is 13.7. The van der Waals surface area contributed by atoms with Crippen LogP contribution in [0.4, 0.5) is 0 Å². The molecule has 1 aromatic carbocycles. The van der Waals surface area contributed by atoms with Crippen molar-refractivity contribution in [2.24, 2.45) is 0 Å². The van der Waals surface area contributed by atoms with Crippen LogP contribution in [-0.4, -0.2) is 16.1 Å². The molecule has 0 saturated carbocycles. The predicted molar refractivity (Wildman–Crippen MR) is 80.1 cm³/mol. The number of hydrogen-bond donors (Lipinski definition) is 1. The maximum Gasteiger partial charge on any atom is 0.328 e. The molecule has 96 valence electrons. The molecule has 0 saturated heterocycles. The minimum absolute atomic E-state index is 0.376. The third kappa shape index (κ3) is 4.06. The van der Waals surface area contributed by atoms with Crippen molar-refractivity contribution in [3.63, 3.8) is 0 Å². The lowest BCUT2D eigenvalue weighted by atomic mass is 10.2. The Morgan fingerprint density at radius 3 is 2.68 bits per heavy atom. The molecule has 19 heavy (non-hydrogen) atoms. The van der Waals surface area contributed by atoms with Crippen LogP contribution in [0.25, 0.3) is 6.08 Å². The molecule has 0 fully saturated rings. The molecule has 5 heteroatoms. The first kappa shape index (κ1) is 13.5. The highest BCUT2D eigenvalue weighted by Crippen LogP contribution is 2.24. The molecule has 2 aromatic rings. The lowest BCUT2D eigenvalue weighted by Gasteiger charge is -2.07. The Kier molecular flexibility index (Phi) is 4.51. The van der Waals surface area contributed by atoms with Crippen molar-refractivity contribution in [2.75, 3.05) is 0 Å². The SMILES string of the molecule is O=C(O)/C=C/c1cccnc1Oc1ccc(I)cc1. The van der Waals surface area contributed by atoms with Crippen molar-refractivity contribution in [3.8, 4) is 11.6 Å². The highest BCUT2D eigenvalue weighted by Gasteiger charge is 2.04. The van der Waals surface area contributed by atoms with Gasteiger partial charge in [0, 0.05) is 21.4 Å². The van der Waals surface area contributed by atoms with Crippen LogP contribution >= 0.6 is 22.6 Å². The molecular weight excluding hydrogens is 357 g/mol. The lowest BCUT2D eigenvalue weighted by Crippen LogP contribution is -1.92. The smallest absolute Gasteiger partial charge is 0.328 e. The molecule has 1 aromatic heterocycles. The first-order valence-electron chi connectivity index (χ1n) is 5.44. The predicted octanol–water partition coefficient (Wildman–Crippen LogP) is 3.58. The third-order valence-electron chi connectivity index (χ3n) is 2.23. The highest BCUT2D eigenvalue weighted by molar-refractivity contribution is 14.1. The summed E-state index contributed by atoms with van der Waals surface area (Å²) in [5.74, 6) is 0.0226. The van der Waals surface area contributed by atoms with Gasteiger partial charge in [0.25, 0.3) is 0 Å². The van der Waals surface area contributed by atoms with Crippen molar-refractivity contribution in [1.29, 1.82) is 0 Å². The van der Waals surface area contributed by atoms with Crippen molar-refractivity contribution in [2.45, 2.75) is 0 Å². The average Bonchev–Trinajstić information content (AvgIpc) is 2.40. The van der Waals surface area contributed by atoms with E-state index in [1.807, 2.05) is 24.3 Å². The lowest BCUT2D eigenvalue weighted by molar-refractivity contribution is -0.131. The van der Waals surface area contributed by atoms with Crippen LogP contribution in [0.15, 0.2) is 48.7 Å². The van der Waals surface area contributed by atoms with Crippen molar-refractivity contribution in [1.82, 2.24) is 4.98 Å². The van der Waals surface area contributed by atoms with Gasteiger partial charge in [-0.3, -0.25) is 0 Å². The number of benzene rings is 1. The number of rotatable bonds is 4. The van der Waals surface area contributed by atoms with Gasteiger partial charge in [0.1, 0.15) is 5.75 Å². The Morgan fingerprint density at radius 2 is 2.00 bits per heavy atom. The second-order valence-electron chi connectivity index (χ2n) is 3.63. The molecule has 0 aliphatic heterocycles. The number of nitrogens with zero attached hydrogens (tertiary/aromatic N) is 1. The summed E-state index contributed by atoms with van der Waals surface area (Å²) in [6.07, 6.45) is 4.11. The summed E-state index contributed by atoms with van der Waals surface area (Å²) in [5.41, 5.74) is 0.614. The molecule has 0 atom stereocenters. The average molecular weight is 367 g/mol. The van der Waals surface area contributed by atoms with E-state index in [1.165, 1.54) is 6.08 Å². The molecule has 0 unspecified atom stereocenters. The summed E-state index contributed by atoms with van der Waals surface area (Å²) in [5, 5.41) is 8.64.